The number of aliphatic hydroxyl groups is 1. The van der Waals surface area contributed by atoms with Crippen LogP contribution in [0.25, 0.3) is 0 Å². The highest BCUT2D eigenvalue weighted by molar-refractivity contribution is 5.68. The van der Waals surface area contributed by atoms with Gasteiger partial charge in [-0.15, -0.1) is 0 Å². The maximum atomic E-state index is 11.6. The lowest BCUT2D eigenvalue weighted by atomic mass is 10.0. The minimum Gasteiger partial charge on any atom is -0.463 e. The van der Waals surface area contributed by atoms with Gasteiger partial charge in [-0.1, -0.05) is 25.7 Å². The summed E-state index contributed by atoms with van der Waals surface area (Å²) in [6.07, 6.45) is 2.50. The third-order valence-corrected chi connectivity index (χ3v) is 5.68. The second kappa shape index (κ2) is 19.6. The molecule has 0 saturated carbocycles. The van der Waals surface area contributed by atoms with Gasteiger partial charge in [-0.2, -0.15) is 0 Å². The van der Waals surface area contributed by atoms with Crippen molar-refractivity contribution >= 4 is 24.0 Å². The summed E-state index contributed by atoms with van der Waals surface area (Å²) in [5.41, 5.74) is 0. The lowest BCUT2D eigenvalue weighted by molar-refractivity contribution is -0.266. The zero-order chi connectivity index (χ0) is 30.0. The fraction of sp³-hybridized carbons (Fsp3) is 0.852. The van der Waals surface area contributed by atoms with Gasteiger partial charge in [0.05, 0.1) is 13.2 Å². The molecule has 1 saturated heterocycles. The normalized spacial score (nSPS) is 20.9. The van der Waals surface area contributed by atoms with E-state index in [1.807, 2.05) is 0 Å². The molecule has 0 aliphatic carbocycles. The summed E-state index contributed by atoms with van der Waals surface area (Å²) < 4.78 is 37.6. The molecule has 40 heavy (non-hydrogen) atoms. The van der Waals surface area contributed by atoms with Crippen molar-refractivity contribution in [3.05, 3.63) is 0 Å². The molecule has 1 heterocycles. The Morgan fingerprint density at radius 3 is 2.10 bits per heavy atom. The minimum absolute atomic E-state index is 0.171. The van der Waals surface area contributed by atoms with Crippen molar-refractivity contribution in [2.24, 2.45) is 0 Å². The largest absolute Gasteiger partial charge is 0.463 e. The lowest BCUT2D eigenvalue weighted by Gasteiger charge is -2.39. The fourth-order valence-electron chi connectivity index (χ4n) is 3.94. The van der Waals surface area contributed by atoms with E-state index in [1.54, 1.807) is 13.8 Å². The van der Waals surface area contributed by atoms with Gasteiger partial charge in [0.1, 0.15) is 18.8 Å². The first kappa shape index (κ1) is 35.5. The predicted octanol–water partition coefficient (Wildman–Crippen LogP) is 2.75. The summed E-state index contributed by atoms with van der Waals surface area (Å²) in [4.78, 5) is 46.1. The molecule has 0 unspecified atom stereocenters. The van der Waals surface area contributed by atoms with E-state index in [4.69, 9.17) is 33.2 Å². The molecule has 232 valence electrons. The van der Waals surface area contributed by atoms with Crippen LogP contribution in [0.3, 0.4) is 0 Å². The Bertz CT molecular complexity index is 769. The molecule has 0 aromatic carbocycles. The van der Waals surface area contributed by atoms with Crippen LogP contribution >= 0.6 is 0 Å². The number of hydrogen-bond donors (Lipinski definition) is 2. The molecule has 1 fully saturated rings. The monoisotopic (exact) mass is 577 g/mol. The Balaban J connectivity index is 2.22. The molecule has 4 atom stereocenters. The summed E-state index contributed by atoms with van der Waals surface area (Å²) in [7, 11) is 0. The van der Waals surface area contributed by atoms with Crippen LogP contribution in [-0.2, 0) is 47.5 Å². The number of carbonyl (C=O) groups is 4. The molecule has 0 spiro atoms. The predicted molar refractivity (Wildman–Crippen MR) is 141 cm³/mol. The van der Waals surface area contributed by atoms with Crippen LogP contribution in [0.2, 0.25) is 0 Å². The number of amides is 1. The van der Waals surface area contributed by atoms with E-state index in [-0.39, 0.29) is 19.6 Å². The Labute approximate surface area is 236 Å². The topological polar surface area (TPSA) is 165 Å². The van der Waals surface area contributed by atoms with Crippen LogP contribution < -0.4 is 5.32 Å². The number of alkyl carbamates (subject to hydrolysis) is 1. The van der Waals surface area contributed by atoms with Gasteiger partial charge in [0.25, 0.3) is 0 Å². The zero-order valence-corrected chi connectivity index (χ0v) is 24.4. The summed E-state index contributed by atoms with van der Waals surface area (Å²) in [6.45, 7) is 8.15. The Hall–Kier alpha value is -2.48. The SMILES string of the molecule is CC(=O)OC[C@H]1O[C@@H](OCCCCCCCCNC(=O)OCCCOC(C)(C)O)C[C@@H](OC(C)=O)[C@H]1OC(C)=O. The first-order valence-electron chi connectivity index (χ1n) is 13.9. The van der Waals surface area contributed by atoms with Crippen LogP contribution in [0.1, 0.15) is 86.0 Å². The molecule has 1 amide bonds. The second-order valence-electron chi connectivity index (χ2n) is 10.1. The van der Waals surface area contributed by atoms with Crippen LogP contribution in [-0.4, -0.2) is 92.5 Å². The van der Waals surface area contributed by atoms with E-state index < -0.39 is 54.4 Å². The van der Waals surface area contributed by atoms with Crippen molar-refractivity contribution in [3.8, 4) is 0 Å². The zero-order valence-electron chi connectivity index (χ0n) is 24.4. The number of hydrogen-bond acceptors (Lipinski definition) is 12. The first-order chi connectivity index (χ1) is 18.9. The third-order valence-electron chi connectivity index (χ3n) is 5.68. The van der Waals surface area contributed by atoms with Gasteiger partial charge in [0.2, 0.25) is 0 Å². The van der Waals surface area contributed by atoms with Gasteiger partial charge >= 0.3 is 24.0 Å². The van der Waals surface area contributed by atoms with Gasteiger partial charge in [-0.25, -0.2) is 4.79 Å². The quantitative estimate of drug-likeness (QED) is 0.0999. The summed E-state index contributed by atoms with van der Waals surface area (Å²) in [5.74, 6) is -2.81. The average molecular weight is 578 g/mol. The fourth-order valence-corrected chi connectivity index (χ4v) is 3.94. The molecule has 13 nitrogen and oxygen atoms in total. The van der Waals surface area contributed by atoms with Crippen molar-refractivity contribution < 1.29 is 57.4 Å². The molecule has 0 radical (unpaired) electrons. The molecular formula is C27H47NO12. The maximum Gasteiger partial charge on any atom is 0.407 e. The molecule has 0 aromatic rings. The molecule has 0 bridgehead atoms. The number of nitrogens with one attached hydrogen (secondary N) is 1. The smallest absolute Gasteiger partial charge is 0.407 e. The summed E-state index contributed by atoms with van der Waals surface area (Å²) in [5, 5.41) is 12.2. The number of carbonyl (C=O) groups excluding carboxylic acids is 4. The standard InChI is InChI=1S/C27H47NO12/c1-19(29)36-18-23-25(39-21(3)31)22(38-20(2)30)17-24(40-23)34-14-11-9-7-6-8-10-13-28-26(32)35-15-12-16-37-27(4,5)33/h22-25,33H,6-18H2,1-5H3,(H,28,32)/t22-,23-,24-,25-/m1/s1. The van der Waals surface area contributed by atoms with Crippen molar-refractivity contribution in [2.45, 2.75) is 116 Å². The number of ether oxygens (including phenoxy) is 7. The number of esters is 3. The van der Waals surface area contributed by atoms with Gasteiger partial charge in [-0.3, -0.25) is 14.4 Å². The van der Waals surface area contributed by atoms with Crippen molar-refractivity contribution in [2.75, 3.05) is 33.0 Å². The Morgan fingerprint density at radius 1 is 0.825 bits per heavy atom. The Morgan fingerprint density at radius 2 is 1.48 bits per heavy atom. The highest BCUT2D eigenvalue weighted by atomic mass is 16.7. The van der Waals surface area contributed by atoms with E-state index in [9.17, 15) is 24.3 Å². The molecule has 1 rings (SSSR count). The van der Waals surface area contributed by atoms with Crippen LogP contribution in [0.4, 0.5) is 4.79 Å². The van der Waals surface area contributed by atoms with Crippen molar-refractivity contribution in [1.82, 2.24) is 5.32 Å². The van der Waals surface area contributed by atoms with Crippen molar-refractivity contribution in [1.29, 1.82) is 0 Å². The van der Waals surface area contributed by atoms with E-state index in [1.165, 1.54) is 20.8 Å². The van der Waals surface area contributed by atoms with Crippen LogP contribution in [0, 0.1) is 0 Å². The highest BCUT2D eigenvalue weighted by Crippen LogP contribution is 2.27. The van der Waals surface area contributed by atoms with Gasteiger partial charge in [-0.05, 0) is 26.7 Å². The van der Waals surface area contributed by atoms with Crippen LogP contribution in [0.15, 0.2) is 0 Å². The Kier molecular flexibility index (Phi) is 17.4. The number of rotatable bonds is 19. The molecule has 1 aliphatic rings. The van der Waals surface area contributed by atoms with Gasteiger partial charge in [0, 0.05) is 46.8 Å². The molecule has 2 N–H and O–H groups in total. The van der Waals surface area contributed by atoms with E-state index >= 15 is 0 Å². The number of unbranched alkanes of at least 4 members (excludes halogenated alkanes) is 5. The summed E-state index contributed by atoms with van der Waals surface area (Å²) in [6, 6.07) is 0. The maximum absolute atomic E-state index is 11.6. The third kappa shape index (κ3) is 18.0. The van der Waals surface area contributed by atoms with E-state index in [2.05, 4.69) is 5.32 Å². The second-order valence-corrected chi connectivity index (χ2v) is 10.1. The van der Waals surface area contributed by atoms with Gasteiger partial charge in [0.15, 0.2) is 18.2 Å². The van der Waals surface area contributed by atoms with Gasteiger partial charge < -0.3 is 43.6 Å². The summed E-state index contributed by atoms with van der Waals surface area (Å²) >= 11 is 0. The van der Waals surface area contributed by atoms with E-state index in [0.717, 1.165) is 38.5 Å². The highest BCUT2D eigenvalue weighted by Gasteiger charge is 2.44. The molecular weight excluding hydrogens is 530 g/mol. The molecule has 13 heteroatoms. The van der Waals surface area contributed by atoms with Crippen molar-refractivity contribution in [3.63, 3.8) is 0 Å². The minimum atomic E-state index is -1.19. The molecule has 1 aliphatic heterocycles. The van der Waals surface area contributed by atoms with Crippen LogP contribution in [0.5, 0.6) is 0 Å². The first-order valence-corrected chi connectivity index (χ1v) is 13.9. The molecule has 0 aromatic heterocycles. The average Bonchev–Trinajstić information content (AvgIpc) is 2.84. The lowest BCUT2D eigenvalue weighted by Crippen LogP contribution is -2.54. The van der Waals surface area contributed by atoms with E-state index in [0.29, 0.717) is 26.2 Å².